The van der Waals surface area contributed by atoms with Gasteiger partial charge in [0.2, 0.25) is 5.91 Å². The summed E-state index contributed by atoms with van der Waals surface area (Å²) in [5.41, 5.74) is 0.915. The van der Waals surface area contributed by atoms with Crippen molar-refractivity contribution in [3.63, 3.8) is 0 Å². The summed E-state index contributed by atoms with van der Waals surface area (Å²) in [6, 6.07) is 9.10. The van der Waals surface area contributed by atoms with Gasteiger partial charge in [-0.2, -0.15) is 0 Å². The van der Waals surface area contributed by atoms with E-state index in [1.165, 1.54) is 6.92 Å². The molecule has 2 amide bonds. The highest BCUT2D eigenvalue weighted by molar-refractivity contribution is 5.92. The molecule has 1 aliphatic heterocycles. The van der Waals surface area contributed by atoms with E-state index in [1.54, 1.807) is 0 Å². The number of rotatable bonds is 1. The second-order valence-corrected chi connectivity index (χ2v) is 3.39. The molecular formula is C11H11NO3. The number of nitrogens with zero attached hydrogens (tertiary/aromatic N) is 1. The standard InChI is InChI=1S/C11H11NO3/c1-8(13)12-10(7-15-11(12)14)9-5-3-2-4-6-9/h2-6,10H,7H2,1H3/t10-/m1/s1. The summed E-state index contributed by atoms with van der Waals surface area (Å²) in [4.78, 5) is 23.7. The van der Waals surface area contributed by atoms with Crippen molar-refractivity contribution in [1.29, 1.82) is 0 Å². The third kappa shape index (κ3) is 1.70. The monoisotopic (exact) mass is 205 g/mol. The zero-order valence-electron chi connectivity index (χ0n) is 8.34. The van der Waals surface area contributed by atoms with Crippen LogP contribution in [0.25, 0.3) is 0 Å². The average molecular weight is 205 g/mol. The molecule has 4 heteroatoms. The molecule has 1 aliphatic rings. The van der Waals surface area contributed by atoms with Crippen molar-refractivity contribution < 1.29 is 14.3 Å². The zero-order valence-corrected chi connectivity index (χ0v) is 8.34. The van der Waals surface area contributed by atoms with E-state index >= 15 is 0 Å². The van der Waals surface area contributed by atoms with Gasteiger partial charge in [-0.15, -0.1) is 0 Å². The van der Waals surface area contributed by atoms with Gasteiger partial charge in [0.25, 0.3) is 0 Å². The Morgan fingerprint density at radius 3 is 2.67 bits per heavy atom. The van der Waals surface area contributed by atoms with Crippen LogP contribution in [0.3, 0.4) is 0 Å². The normalized spacial score (nSPS) is 20.2. The Morgan fingerprint density at radius 1 is 1.40 bits per heavy atom. The summed E-state index contributed by atoms with van der Waals surface area (Å²) >= 11 is 0. The van der Waals surface area contributed by atoms with E-state index in [0.717, 1.165) is 10.5 Å². The lowest BCUT2D eigenvalue weighted by molar-refractivity contribution is -0.126. The number of carbonyl (C=O) groups is 2. The minimum atomic E-state index is -0.559. The highest BCUT2D eigenvalue weighted by Crippen LogP contribution is 2.27. The summed E-state index contributed by atoms with van der Waals surface area (Å²) < 4.78 is 4.86. The number of hydrogen-bond donors (Lipinski definition) is 0. The van der Waals surface area contributed by atoms with Crippen LogP contribution in [0.5, 0.6) is 0 Å². The number of carbonyl (C=O) groups excluding carboxylic acids is 2. The van der Waals surface area contributed by atoms with E-state index in [9.17, 15) is 9.59 Å². The van der Waals surface area contributed by atoms with Crippen molar-refractivity contribution in [2.45, 2.75) is 13.0 Å². The lowest BCUT2D eigenvalue weighted by Crippen LogP contribution is -2.31. The van der Waals surface area contributed by atoms with Crippen LogP contribution < -0.4 is 0 Å². The second kappa shape index (κ2) is 3.73. The molecular weight excluding hydrogens is 194 g/mol. The Hall–Kier alpha value is -1.84. The van der Waals surface area contributed by atoms with Gasteiger partial charge in [0.15, 0.2) is 0 Å². The molecule has 0 bridgehead atoms. The first-order valence-corrected chi connectivity index (χ1v) is 4.71. The summed E-state index contributed by atoms with van der Waals surface area (Å²) in [6.45, 7) is 1.60. The molecule has 0 aromatic heterocycles. The molecule has 0 N–H and O–H groups in total. The Kier molecular flexibility index (Phi) is 2.41. The van der Waals surface area contributed by atoms with Crippen LogP contribution in [0, 0.1) is 0 Å². The summed E-state index contributed by atoms with van der Waals surface area (Å²) in [6.07, 6.45) is -0.559. The molecule has 4 nitrogen and oxygen atoms in total. The molecule has 15 heavy (non-hydrogen) atoms. The average Bonchev–Trinajstić information content (AvgIpc) is 2.61. The van der Waals surface area contributed by atoms with Crippen LogP contribution in [0.15, 0.2) is 30.3 Å². The van der Waals surface area contributed by atoms with Crippen molar-refractivity contribution in [2.24, 2.45) is 0 Å². The molecule has 0 radical (unpaired) electrons. The van der Waals surface area contributed by atoms with Gasteiger partial charge in [-0.05, 0) is 5.56 Å². The van der Waals surface area contributed by atoms with Crippen molar-refractivity contribution in [3.8, 4) is 0 Å². The minimum Gasteiger partial charge on any atom is -0.446 e. The molecule has 1 fully saturated rings. The van der Waals surface area contributed by atoms with Gasteiger partial charge < -0.3 is 4.74 Å². The van der Waals surface area contributed by atoms with E-state index in [1.807, 2.05) is 30.3 Å². The maximum absolute atomic E-state index is 11.3. The van der Waals surface area contributed by atoms with Crippen LogP contribution in [0.1, 0.15) is 18.5 Å². The van der Waals surface area contributed by atoms with Gasteiger partial charge in [-0.3, -0.25) is 4.79 Å². The molecule has 1 atom stereocenters. The number of benzene rings is 1. The third-order valence-corrected chi connectivity index (χ3v) is 2.40. The lowest BCUT2D eigenvalue weighted by atomic mass is 10.1. The Bertz CT molecular complexity index is 388. The van der Waals surface area contributed by atoms with Crippen LogP contribution in [0.4, 0.5) is 4.79 Å². The molecule has 1 saturated heterocycles. The van der Waals surface area contributed by atoms with E-state index in [4.69, 9.17) is 4.74 Å². The highest BCUT2D eigenvalue weighted by atomic mass is 16.6. The topological polar surface area (TPSA) is 46.6 Å². The SMILES string of the molecule is CC(=O)N1C(=O)OC[C@@H]1c1ccccc1. The summed E-state index contributed by atoms with van der Waals surface area (Å²) in [5, 5.41) is 0. The Balaban J connectivity index is 2.30. The van der Waals surface area contributed by atoms with E-state index in [2.05, 4.69) is 0 Å². The van der Waals surface area contributed by atoms with Crippen molar-refractivity contribution >= 4 is 12.0 Å². The number of amides is 2. The predicted octanol–water partition coefficient (Wildman–Crippen LogP) is 1.73. The van der Waals surface area contributed by atoms with Crippen molar-refractivity contribution in [3.05, 3.63) is 35.9 Å². The molecule has 0 saturated carbocycles. The fourth-order valence-electron chi connectivity index (χ4n) is 1.69. The van der Waals surface area contributed by atoms with E-state index in [-0.39, 0.29) is 18.6 Å². The maximum atomic E-state index is 11.3. The van der Waals surface area contributed by atoms with Crippen LogP contribution >= 0.6 is 0 Å². The van der Waals surface area contributed by atoms with E-state index in [0.29, 0.717) is 0 Å². The van der Waals surface area contributed by atoms with Gasteiger partial charge in [-0.1, -0.05) is 30.3 Å². The molecule has 0 aliphatic carbocycles. The molecule has 1 aromatic rings. The van der Waals surface area contributed by atoms with Crippen LogP contribution in [-0.2, 0) is 9.53 Å². The van der Waals surface area contributed by atoms with Gasteiger partial charge in [0.05, 0.1) is 0 Å². The predicted molar refractivity (Wildman–Crippen MR) is 53.1 cm³/mol. The first-order valence-electron chi connectivity index (χ1n) is 4.71. The van der Waals surface area contributed by atoms with Gasteiger partial charge >= 0.3 is 6.09 Å². The molecule has 2 rings (SSSR count). The van der Waals surface area contributed by atoms with Gasteiger partial charge in [0, 0.05) is 6.92 Å². The molecule has 0 unspecified atom stereocenters. The first kappa shape index (κ1) is 9.71. The Labute approximate surface area is 87.4 Å². The zero-order chi connectivity index (χ0) is 10.8. The fraction of sp³-hybridized carbons (Fsp3) is 0.273. The first-order chi connectivity index (χ1) is 7.20. The van der Waals surface area contributed by atoms with Crippen LogP contribution in [0.2, 0.25) is 0 Å². The highest BCUT2D eigenvalue weighted by Gasteiger charge is 2.36. The molecule has 1 heterocycles. The maximum Gasteiger partial charge on any atom is 0.417 e. The third-order valence-electron chi connectivity index (χ3n) is 2.40. The van der Waals surface area contributed by atoms with Crippen molar-refractivity contribution in [2.75, 3.05) is 6.61 Å². The van der Waals surface area contributed by atoms with Gasteiger partial charge in [0.1, 0.15) is 12.6 Å². The summed E-state index contributed by atoms with van der Waals surface area (Å²) in [5.74, 6) is -0.286. The fourth-order valence-corrected chi connectivity index (χ4v) is 1.69. The van der Waals surface area contributed by atoms with Crippen molar-refractivity contribution in [1.82, 2.24) is 4.90 Å². The Morgan fingerprint density at radius 2 is 2.07 bits per heavy atom. The quantitative estimate of drug-likeness (QED) is 0.701. The van der Waals surface area contributed by atoms with E-state index < -0.39 is 6.09 Å². The number of hydrogen-bond acceptors (Lipinski definition) is 3. The minimum absolute atomic E-state index is 0.239. The molecule has 0 spiro atoms. The number of imide groups is 1. The smallest absolute Gasteiger partial charge is 0.417 e. The second-order valence-electron chi connectivity index (χ2n) is 3.39. The lowest BCUT2D eigenvalue weighted by Gasteiger charge is -2.17. The molecule has 1 aromatic carbocycles. The number of cyclic esters (lactones) is 1. The summed E-state index contributed by atoms with van der Waals surface area (Å²) in [7, 11) is 0. The van der Waals surface area contributed by atoms with Crippen LogP contribution in [-0.4, -0.2) is 23.5 Å². The van der Waals surface area contributed by atoms with Gasteiger partial charge in [-0.25, -0.2) is 9.69 Å². The largest absolute Gasteiger partial charge is 0.446 e. The number of ether oxygens (including phenoxy) is 1. The molecule has 78 valence electrons.